The normalized spacial score (nSPS) is 16.1. The molecule has 0 N–H and O–H groups in total. The van der Waals surface area contributed by atoms with Gasteiger partial charge in [0.25, 0.3) is 0 Å². The Labute approximate surface area is 47.1 Å². The highest BCUT2D eigenvalue weighted by Gasteiger charge is 2.29. The Morgan fingerprint density at radius 2 is 1.75 bits per heavy atom. The molecule has 0 spiro atoms. The average molecular weight is 125 g/mol. The van der Waals surface area contributed by atoms with E-state index in [4.69, 9.17) is 0 Å². The molecule has 0 aromatic rings. The van der Waals surface area contributed by atoms with E-state index in [1.807, 2.05) is 0 Å². The van der Waals surface area contributed by atoms with Crippen LogP contribution in [-0.2, 0) is 0 Å². The van der Waals surface area contributed by atoms with Crippen LogP contribution in [-0.4, -0.2) is 6.98 Å². The molecule has 4 heteroatoms. The van der Waals surface area contributed by atoms with E-state index in [9.17, 15) is 12.9 Å². The predicted octanol–water partition coefficient (Wildman–Crippen LogP) is 2.63. The zero-order valence-corrected chi connectivity index (χ0v) is 5.00. The summed E-state index contributed by atoms with van der Waals surface area (Å²) in [4.78, 5) is 0. The van der Waals surface area contributed by atoms with Crippen molar-refractivity contribution < 1.29 is 12.9 Å². The molecule has 0 heterocycles. The molecule has 0 rings (SSSR count). The van der Waals surface area contributed by atoms with Gasteiger partial charge in [-0.25, -0.2) is 0 Å². The third-order valence-corrected chi connectivity index (χ3v) is 1.29. The van der Waals surface area contributed by atoms with Crippen LogP contribution in [0, 0.1) is 0 Å². The summed E-state index contributed by atoms with van der Waals surface area (Å²) in [5.74, 6) is -1.09. The second-order valence-corrected chi connectivity index (χ2v) is 2.01. The second-order valence-electron chi connectivity index (χ2n) is 2.01. The van der Waals surface area contributed by atoms with Crippen molar-refractivity contribution in [1.29, 1.82) is 0 Å². The molecule has 0 aromatic heterocycles. The smallest absolute Gasteiger partial charge is 0.449 e. The Balaban J connectivity index is 3.62. The number of rotatable bonds is 2. The Morgan fingerprint density at radius 1 is 1.38 bits per heavy atom. The van der Waals surface area contributed by atoms with E-state index in [0.29, 0.717) is 0 Å². The van der Waals surface area contributed by atoms with Crippen molar-refractivity contribution in [2.45, 2.75) is 26.1 Å². The van der Waals surface area contributed by atoms with Crippen molar-refractivity contribution >= 4 is 6.98 Å². The lowest BCUT2D eigenvalue weighted by atomic mass is 9.73. The van der Waals surface area contributed by atoms with Crippen LogP contribution in [0.2, 0.25) is 5.82 Å². The molecule has 0 saturated carbocycles. The Bertz CT molecular complexity index is 68.2. The SMILES string of the molecule is CC[C@@H](C)[B-](F)(F)F. The van der Waals surface area contributed by atoms with Crippen LogP contribution in [0.1, 0.15) is 20.3 Å². The molecule has 0 unspecified atom stereocenters. The molecule has 0 saturated heterocycles. The Kier molecular flexibility index (Phi) is 2.38. The topological polar surface area (TPSA) is 0 Å². The molecule has 0 fully saturated rings. The van der Waals surface area contributed by atoms with Gasteiger partial charge < -0.3 is 12.9 Å². The van der Waals surface area contributed by atoms with Crippen LogP contribution in [0.3, 0.4) is 0 Å². The second kappa shape index (κ2) is 2.42. The zero-order chi connectivity index (χ0) is 6.78. The maximum absolute atomic E-state index is 11.5. The maximum Gasteiger partial charge on any atom is 0.481 e. The molecule has 0 nitrogen and oxygen atoms in total. The minimum Gasteiger partial charge on any atom is -0.449 e. The molecule has 0 aliphatic rings. The molecule has 0 amide bonds. The first-order valence-corrected chi connectivity index (χ1v) is 2.68. The molecule has 50 valence electrons. The summed E-state index contributed by atoms with van der Waals surface area (Å²) in [7, 11) is 0. The van der Waals surface area contributed by atoms with E-state index < -0.39 is 12.8 Å². The van der Waals surface area contributed by atoms with E-state index in [1.54, 1.807) is 6.92 Å². The summed E-state index contributed by atoms with van der Waals surface area (Å²) in [5.41, 5.74) is 0. The number of hydrogen-bond acceptors (Lipinski definition) is 0. The van der Waals surface area contributed by atoms with E-state index in [0.717, 1.165) is 0 Å². The van der Waals surface area contributed by atoms with Gasteiger partial charge in [-0.05, 0) is 0 Å². The highest BCUT2D eigenvalue weighted by molar-refractivity contribution is 6.60. The van der Waals surface area contributed by atoms with Gasteiger partial charge in [-0.3, -0.25) is 0 Å². The standard InChI is InChI=1S/C4H9BF3/c1-3-4(2)5(6,7)8/h4H,3H2,1-2H3/q-1/t4-/m1/s1. The molecule has 8 heavy (non-hydrogen) atoms. The van der Waals surface area contributed by atoms with Crippen LogP contribution in [0.15, 0.2) is 0 Å². The predicted molar refractivity (Wildman–Crippen MR) is 28.8 cm³/mol. The van der Waals surface area contributed by atoms with Crippen LogP contribution >= 0.6 is 0 Å². The number of hydrogen-bond donors (Lipinski definition) is 0. The van der Waals surface area contributed by atoms with Crippen molar-refractivity contribution in [2.75, 3.05) is 0 Å². The van der Waals surface area contributed by atoms with E-state index in [2.05, 4.69) is 0 Å². The quantitative estimate of drug-likeness (QED) is 0.497. The minimum absolute atomic E-state index is 0.198. The van der Waals surface area contributed by atoms with Gasteiger partial charge in [-0.1, -0.05) is 26.1 Å². The van der Waals surface area contributed by atoms with Gasteiger partial charge >= 0.3 is 6.98 Å². The summed E-state index contributed by atoms with van der Waals surface area (Å²) in [6.45, 7) is -1.81. The van der Waals surface area contributed by atoms with Crippen molar-refractivity contribution in [3.63, 3.8) is 0 Å². The Morgan fingerprint density at radius 3 is 1.75 bits per heavy atom. The van der Waals surface area contributed by atoms with Crippen LogP contribution in [0.25, 0.3) is 0 Å². The highest BCUT2D eigenvalue weighted by atomic mass is 19.4. The van der Waals surface area contributed by atoms with Crippen molar-refractivity contribution in [3.8, 4) is 0 Å². The van der Waals surface area contributed by atoms with Crippen molar-refractivity contribution in [2.24, 2.45) is 0 Å². The molecule has 0 radical (unpaired) electrons. The molecule has 0 aliphatic heterocycles. The van der Waals surface area contributed by atoms with Gasteiger partial charge in [0.05, 0.1) is 0 Å². The lowest BCUT2D eigenvalue weighted by molar-refractivity contribution is 0.435. The molecule has 1 atom stereocenters. The fourth-order valence-electron chi connectivity index (χ4n) is 0.267. The molecular weight excluding hydrogens is 116 g/mol. The van der Waals surface area contributed by atoms with Crippen LogP contribution in [0.4, 0.5) is 12.9 Å². The first-order chi connectivity index (χ1) is 3.48. The average Bonchev–Trinajstić information content (AvgIpc) is 1.62. The minimum atomic E-state index is -4.56. The maximum atomic E-state index is 11.5. The monoisotopic (exact) mass is 125 g/mol. The molecule has 0 aromatic carbocycles. The summed E-state index contributed by atoms with van der Waals surface area (Å²) >= 11 is 0. The summed E-state index contributed by atoms with van der Waals surface area (Å²) < 4.78 is 34.5. The van der Waals surface area contributed by atoms with Gasteiger partial charge in [0.15, 0.2) is 0 Å². The highest BCUT2D eigenvalue weighted by Crippen LogP contribution is 2.27. The first-order valence-electron chi connectivity index (χ1n) is 2.68. The Hall–Kier alpha value is -0.145. The molecule has 0 bridgehead atoms. The van der Waals surface area contributed by atoms with Gasteiger partial charge in [-0.15, -0.1) is 0 Å². The summed E-state index contributed by atoms with van der Waals surface area (Å²) in [5, 5.41) is 0. The van der Waals surface area contributed by atoms with E-state index in [1.165, 1.54) is 6.92 Å². The lowest BCUT2D eigenvalue weighted by Crippen LogP contribution is -2.20. The fraction of sp³-hybridized carbons (Fsp3) is 1.00. The van der Waals surface area contributed by atoms with Gasteiger partial charge in [0.1, 0.15) is 0 Å². The van der Waals surface area contributed by atoms with Crippen LogP contribution < -0.4 is 0 Å². The van der Waals surface area contributed by atoms with E-state index in [-0.39, 0.29) is 6.42 Å². The van der Waals surface area contributed by atoms with E-state index >= 15 is 0 Å². The zero-order valence-electron chi connectivity index (χ0n) is 5.00. The van der Waals surface area contributed by atoms with Crippen molar-refractivity contribution in [1.82, 2.24) is 0 Å². The summed E-state index contributed by atoms with van der Waals surface area (Å²) in [6, 6.07) is 0. The largest absolute Gasteiger partial charge is 0.481 e. The number of halogens is 3. The lowest BCUT2D eigenvalue weighted by Gasteiger charge is -2.20. The third kappa shape index (κ3) is 2.24. The van der Waals surface area contributed by atoms with Gasteiger partial charge in [0, 0.05) is 0 Å². The fourth-order valence-corrected chi connectivity index (χ4v) is 0.267. The molecule has 0 aliphatic carbocycles. The van der Waals surface area contributed by atoms with Gasteiger partial charge in [-0.2, -0.15) is 0 Å². The van der Waals surface area contributed by atoms with Crippen molar-refractivity contribution in [3.05, 3.63) is 0 Å². The summed E-state index contributed by atoms with van der Waals surface area (Å²) in [6.07, 6.45) is 0.198. The third-order valence-electron chi connectivity index (χ3n) is 1.29. The molecular formula is C4H9BF3-. The van der Waals surface area contributed by atoms with Gasteiger partial charge in [0.2, 0.25) is 0 Å². The van der Waals surface area contributed by atoms with Crippen LogP contribution in [0.5, 0.6) is 0 Å². The first kappa shape index (κ1) is 7.85.